The summed E-state index contributed by atoms with van der Waals surface area (Å²) in [4.78, 5) is 0. The van der Waals surface area contributed by atoms with Crippen molar-refractivity contribution < 1.29 is 0 Å². The summed E-state index contributed by atoms with van der Waals surface area (Å²) < 4.78 is 0. The van der Waals surface area contributed by atoms with E-state index in [-0.39, 0.29) is 5.41 Å². The molecular weight excluding hydrogens is 733 g/mol. The molecule has 0 unspecified atom stereocenters. The Balaban J connectivity index is 0.00000207. The van der Waals surface area contributed by atoms with Crippen LogP contribution >= 0.6 is 0 Å². The van der Waals surface area contributed by atoms with E-state index in [1.54, 1.807) is 0 Å². The Hall–Kier alpha value is -7.54. The molecule has 0 spiro atoms. The van der Waals surface area contributed by atoms with E-state index in [0.717, 1.165) is 0 Å². The average molecular weight is 777 g/mol. The summed E-state index contributed by atoms with van der Waals surface area (Å²) in [5, 5.41) is 12.7. The Labute approximate surface area is 357 Å². The first-order chi connectivity index (χ1) is 30.0. The van der Waals surface area contributed by atoms with Crippen molar-refractivity contribution in [3.05, 3.63) is 231 Å². The fourth-order valence-corrected chi connectivity index (χ4v) is 10.1. The van der Waals surface area contributed by atoms with E-state index in [0.29, 0.717) is 0 Å². The summed E-state index contributed by atoms with van der Waals surface area (Å²) in [5.41, 5.74) is 15.2. The van der Waals surface area contributed by atoms with E-state index in [1.165, 1.54) is 121 Å². The van der Waals surface area contributed by atoms with Crippen LogP contribution in [0.5, 0.6) is 0 Å². The summed E-state index contributed by atoms with van der Waals surface area (Å²) >= 11 is 0. The van der Waals surface area contributed by atoms with Gasteiger partial charge < -0.3 is 0 Å². The molecule has 1 aliphatic rings. The van der Waals surface area contributed by atoms with Gasteiger partial charge in [-0.3, -0.25) is 0 Å². The van der Waals surface area contributed by atoms with Gasteiger partial charge in [-0.05, 0) is 163 Å². The van der Waals surface area contributed by atoms with Gasteiger partial charge in [0.1, 0.15) is 0 Å². The van der Waals surface area contributed by atoms with E-state index in [1.807, 2.05) is 0 Å². The van der Waals surface area contributed by atoms with Crippen LogP contribution in [0.25, 0.3) is 109 Å². The SMILES string of the molecule is C=C.CC1(C)c2cc(-c3cccc(-c4ccc5ccccc5c4)c3)ccc2-c2cc3c(-c4ccc5ccccc5c4)c4ccccc4c(-c4ccc5ccccc5c4)c3cc21. The highest BCUT2D eigenvalue weighted by Gasteiger charge is 2.37. The molecule has 11 aromatic rings. The maximum absolute atomic E-state index is 3.00. The second-order valence-electron chi connectivity index (χ2n) is 16.9. The molecule has 0 radical (unpaired) electrons. The molecule has 0 N–H and O–H groups in total. The Morgan fingerprint density at radius 3 is 1.21 bits per heavy atom. The number of hydrogen-bond acceptors (Lipinski definition) is 0. The van der Waals surface area contributed by atoms with Gasteiger partial charge in [0.05, 0.1) is 0 Å². The van der Waals surface area contributed by atoms with Crippen LogP contribution < -0.4 is 0 Å². The Morgan fingerprint density at radius 2 is 0.672 bits per heavy atom. The normalized spacial score (nSPS) is 12.7. The third-order valence-electron chi connectivity index (χ3n) is 13.2. The smallest absolute Gasteiger partial charge is 0.0159 e. The van der Waals surface area contributed by atoms with Crippen LogP contribution in [-0.4, -0.2) is 0 Å². The molecule has 1 aliphatic carbocycles. The van der Waals surface area contributed by atoms with E-state index in [4.69, 9.17) is 0 Å². The zero-order chi connectivity index (χ0) is 41.2. The molecule has 0 nitrogen and oxygen atoms in total. The van der Waals surface area contributed by atoms with Gasteiger partial charge >= 0.3 is 0 Å². The molecule has 0 heterocycles. The lowest BCUT2D eigenvalue weighted by Crippen LogP contribution is -2.15. The van der Waals surface area contributed by atoms with E-state index >= 15 is 0 Å². The molecular formula is C61H44. The third kappa shape index (κ3) is 5.90. The second kappa shape index (κ2) is 14.3. The number of fused-ring (bicyclic) bond motifs is 8. The third-order valence-corrected chi connectivity index (χ3v) is 13.2. The van der Waals surface area contributed by atoms with Gasteiger partial charge in [0.2, 0.25) is 0 Å². The molecule has 11 aromatic carbocycles. The van der Waals surface area contributed by atoms with Gasteiger partial charge in [0, 0.05) is 5.41 Å². The van der Waals surface area contributed by atoms with Gasteiger partial charge in [-0.1, -0.05) is 178 Å². The van der Waals surface area contributed by atoms with Crippen LogP contribution in [0.3, 0.4) is 0 Å². The fourth-order valence-electron chi connectivity index (χ4n) is 10.1. The minimum atomic E-state index is -0.208. The van der Waals surface area contributed by atoms with Crippen molar-refractivity contribution >= 4 is 53.9 Å². The second-order valence-corrected chi connectivity index (χ2v) is 16.9. The molecule has 0 aliphatic heterocycles. The maximum atomic E-state index is 3.00. The molecule has 0 aromatic heterocycles. The topological polar surface area (TPSA) is 0 Å². The largest absolute Gasteiger partial charge is 0.106 e. The average Bonchev–Trinajstić information content (AvgIpc) is 3.54. The lowest BCUT2D eigenvalue weighted by molar-refractivity contribution is 0.661. The highest BCUT2D eigenvalue weighted by atomic mass is 14.4. The van der Waals surface area contributed by atoms with Gasteiger partial charge in [-0.25, -0.2) is 0 Å². The molecule has 288 valence electrons. The predicted molar refractivity (Wildman–Crippen MR) is 265 cm³/mol. The summed E-state index contributed by atoms with van der Waals surface area (Å²) in [6, 6.07) is 77.2. The van der Waals surface area contributed by atoms with Crippen molar-refractivity contribution in [3.8, 4) is 55.6 Å². The quantitative estimate of drug-likeness (QED) is 0.123. The first-order valence-corrected chi connectivity index (χ1v) is 21.2. The fraction of sp³-hybridized carbons (Fsp3) is 0.0492. The number of benzene rings is 11. The van der Waals surface area contributed by atoms with Gasteiger partial charge in [0.25, 0.3) is 0 Å². The molecule has 0 bridgehead atoms. The van der Waals surface area contributed by atoms with Crippen molar-refractivity contribution in [3.63, 3.8) is 0 Å². The van der Waals surface area contributed by atoms with Crippen molar-refractivity contribution in [2.45, 2.75) is 19.3 Å². The molecule has 0 saturated heterocycles. The Bertz CT molecular complexity index is 3540. The standard InChI is InChI=1S/C59H40.C2H4/c1-59(2)55-34-46(44-19-11-18-43(31-44)45-25-22-37-12-3-6-15-40(37)30-45)28-29-49(55)52-35-53-54(36-56(52)59)58(48-27-24-39-14-5-8-17-42(39)33-48)51-21-10-9-20-50(51)57(53)47-26-23-38-13-4-7-16-41(38)32-47;1-2/h3-36H,1-2H3;1-2H2. The van der Waals surface area contributed by atoms with Crippen molar-refractivity contribution in [1.82, 2.24) is 0 Å². The van der Waals surface area contributed by atoms with Gasteiger partial charge in [-0.15, -0.1) is 13.2 Å². The monoisotopic (exact) mass is 776 g/mol. The molecule has 0 fully saturated rings. The minimum Gasteiger partial charge on any atom is -0.106 e. The van der Waals surface area contributed by atoms with Crippen LogP contribution in [0, 0.1) is 0 Å². The van der Waals surface area contributed by atoms with Crippen LogP contribution in [-0.2, 0) is 5.41 Å². The van der Waals surface area contributed by atoms with E-state index in [9.17, 15) is 0 Å². The van der Waals surface area contributed by atoms with Crippen LogP contribution in [0.1, 0.15) is 25.0 Å². The Morgan fingerprint density at radius 1 is 0.279 bits per heavy atom. The van der Waals surface area contributed by atoms with E-state index < -0.39 is 0 Å². The lowest BCUT2D eigenvalue weighted by Gasteiger charge is -2.24. The first-order valence-electron chi connectivity index (χ1n) is 21.2. The highest BCUT2D eigenvalue weighted by Crippen LogP contribution is 2.54. The molecule has 12 rings (SSSR count). The van der Waals surface area contributed by atoms with E-state index in [2.05, 4.69) is 233 Å². The number of rotatable bonds is 4. The van der Waals surface area contributed by atoms with Crippen molar-refractivity contribution in [2.24, 2.45) is 0 Å². The molecule has 0 heteroatoms. The summed E-state index contributed by atoms with van der Waals surface area (Å²) in [7, 11) is 0. The zero-order valence-corrected chi connectivity index (χ0v) is 34.5. The molecule has 0 atom stereocenters. The highest BCUT2D eigenvalue weighted by molar-refractivity contribution is 6.23. The van der Waals surface area contributed by atoms with Crippen LogP contribution in [0.4, 0.5) is 0 Å². The minimum absolute atomic E-state index is 0.208. The number of hydrogen-bond donors (Lipinski definition) is 0. The molecule has 0 amide bonds. The predicted octanol–water partition coefficient (Wildman–Crippen LogP) is 17.2. The van der Waals surface area contributed by atoms with Gasteiger partial charge in [-0.2, -0.15) is 0 Å². The summed E-state index contributed by atoms with van der Waals surface area (Å²) in [6.45, 7) is 10.8. The van der Waals surface area contributed by atoms with Crippen LogP contribution in [0.2, 0.25) is 0 Å². The zero-order valence-electron chi connectivity index (χ0n) is 34.5. The summed E-state index contributed by atoms with van der Waals surface area (Å²) in [5.74, 6) is 0. The lowest BCUT2D eigenvalue weighted by atomic mass is 9.79. The maximum Gasteiger partial charge on any atom is 0.0159 e. The Kier molecular flexibility index (Phi) is 8.58. The molecule has 0 saturated carbocycles. The van der Waals surface area contributed by atoms with Gasteiger partial charge in [0.15, 0.2) is 0 Å². The molecule has 61 heavy (non-hydrogen) atoms. The first kappa shape index (κ1) is 36.5. The van der Waals surface area contributed by atoms with Crippen molar-refractivity contribution in [2.75, 3.05) is 0 Å². The summed E-state index contributed by atoms with van der Waals surface area (Å²) in [6.07, 6.45) is 0. The van der Waals surface area contributed by atoms with Crippen molar-refractivity contribution in [1.29, 1.82) is 0 Å². The van der Waals surface area contributed by atoms with Crippen LogP contribution in [0.15, 0.2) is 219 Å².